The molecule has 0 amide bonds. The number of methoxy groups -OCH3 is 1. The molecule has 0 saturated heterocycles. The first-order chi connectivity index (χ1) is 17.4. The van der Waals surface area contributed by atoms with E-state index >= 15 is 0 Å². The third-order valence-corrected chi connectivity index (χ3v) is 6.75. The lowest BCUT2D eigenvalue weighted by Gasteiger charge is -2.19. The number of carbonyl (C=O) groups excluding carboxylic acids is 1. The van der Waals surface area contributed by atoms with E-state index < -0.39 is 10.0 Å². The van der Waals surface area contributed by atoms with Crippen molar-refractivity contribution in [3.8, 4) is 28.6 Å². The molecule has 36 heavy (non-hydrogen) atoms. The minimum absolute atomic E-state index is 0.0169. The fraction of sp³-hybridized carbons (Fsp3) is 0.167. The van der Waals surface area contributed by atoms with Crippen molar-refractivity contribution in [2.45, 2.75) is 11.4 Å². The first kappa shape index (κ1) is 23.3. The number of rotatable bonds is 8. The van der Waals surface area contributed by atoms with Crippen LogP contribution >= 0.6 is 0 Å². The van der Waals surface area contributed by atoms with Gasteiger partial charge >= 0.3 is 0 Å². The summed E-state index contributed by atoms with van der Waals surface area (Å²) in [5.41, 5.74) is 1.14. The Balaban J connectivity index is 1.36. The summed E-state index contributed by atoms with van der Waals surface area (Å²) in [5, 5.41) is 12.3. The number of nitrogens with zero attached hydrogens (tertiary/aromatic N) is 4. The van der Waals surface area contributed by atoms with E-state index in [2.05, 4.69) is 20.1 Å². The number of anilines is 1. The summed E-state index contributed by atoms with van der Waals surface area (Å²) in [6.45, 7) is 0.615. The van der Waals surface area contributed by atoms with E-state index in [4.69, 9.17) is 14.2 Å². The van der Waals surface area contributed by atoms with Gasteiger partial charge in [-0.15, -0.1) is 10.2 Å². The molecule has 1 aliphatic rings. The number of tetrazole rings is 1. The largest absolute Gasteiger partial charge is 0.497 e. The molecule has 0 unspecified atom stereocenters. The molecular formula is C24H21N5O6S. The number of nitrogens with one attached hydrogen (secondary N) is 1. The van der Waals surface area contributed by atoms with Gasteiger partial charge in [0, 0.05) is 17.2 Å². The van der Waals surface area contributed by atoms with Crippen LogP contribution in [0.15, 0.2) is 71.6 Å². The highest BCUT2D eigenvalue weighted by Crippen LogP contribution is 2.33. The van der Waals surface area contributed by atoms with E-state index in [1.807, 2.05) is 0 Å². The van der Waals surface area contributed by atoms with Gasteiger partial charge in [-0.1, -0.05) is 12.1 Å². The maximum atomic E-state index is 13.1. The number of hydrogen-bond donors (Lipinski definition) is 1. The topological polar surface area (TPSA) is 135 Å². The van der Waals surface area contributed by atoms with Gasteiger partial charge in [-0.2, -0.15) is 4.80 Å². The van der Waals surface area contributed by atoms with Crippen LogP contribution in [0.4, 0.5) is 5.69 Å². The summed E-state index contributed by atoms with van der Waals surface area (Å²) in [6, 6.07) is 17.8. The second kappa shape index (κ2) is 9.66. The second-order valence-corrected chi connectivity index (χ2v) is 9.43. The minimum atomic E-state index is -3.96. The van der Waals surface area contributed by atoms with E-state index in [-0.39, 0.29) is 28.7 Å². The molecule has 0 spiro atoms. The Morgan fingerprint density at radius 1 is 1.03 bits per heavy atom. The van der Waals surface area contributed by atoms with Gasteiger partial charge in [0.05, 0.1) is 17.7 Å². The highest BCUT2D eigenvalue weighted by Gasteiger charge is 2.22. The van der Waals surface area contributed by atoms with Crippen molar-refractivity contribution in [2.75, 3.05) is 25.0 Å². The molecule has 184 valence electrons. The predicted molar refractivity (Wildman–Crippen MR) is 129 cm³/mol. The molecule has 1 aromatic heterocycles. The zero-order valence-electron chi connectivity index (χ0n) is 19.1. The molecule has 0 fully saturated rings. The molecule has 12 heteroatoms. The Morgan fingerprint density at radius 3 is 2.56 bits per heavy atom. The number of benzene rings is 3. The van der Waals surface area contributed by atoms with Crippen molar-refractivity contribution in [2.24, 2.45) is 0 Å². The lowest BCUT2D eigenvalue weighted by atomic mass is 10.1. The van der Waals surface area contributed by atoms with Crippen molar-refractivity contribution in [1.82, 2.24) is 20.2 Å². The number of fused-ring (bicyclic) bond motifs is 1. The Bertz CT molecular complexity index is 1520. The van der Waals surface area contributed by atoms with Crippen LogP contribution in [0.2, 0.25) is 0 Å². The van der Waals surface area contributed by atoms with Crippen molar-refractivity contribution in [3.05, 3.63) is 72.3 Å². The smallest absolute Gasteiger partial charge is 0.262 e. The molecule has 2 heterocycles. The molecule has 0 saturated carbocycles. The van der Waals surface area contributed by atoms with Gasteiger partial charge < -0.3 is 14.2 Å². The first-order valence-electron chi connectivity index (χ1n) is 10.9. The third-order valence-electron chi connectivity index (χ3n) is 5.39. The number of aromatic nitrogens is 4. The van der Waals surface area contributed by atoms with Crippen LogP contribution in [-0.2, 0) is 16.6 Å². The summed E-state index contributed by atoms with van der Waals surface area (Å²) < 4.78 is 44.8. The van der Waals surface area contributed by atoms with Crippen LogP contribution < -0.4 is 18.9 Å². The number of Topliss-reactive ketones (excluding diaryl/α,β-unsaturated/α-hetero) is 1. The van der Waals surface area contributed by atoms with Crippen LogP contribution in [0.5, 0.6) is 17.2 Å². The number of sulfonamides is 1. The van der Waals surface area contributed by atoms with Crippen LogP contribution in [0, 0.1) is 0 Å². The summed E-state index contributed by atoms with van der Waals surface area (Å²) in [7, 11) is -2.42. The van der Waals surface area contributed by atoms with Crippen molar-refractivity contribution >= 4 is 21.5 Å². The molecule has 0 aliphatic carbocycles. The van der Waals surface area contributed by atoms with Crippen LogP contribution in [-0.4, -0.2) is 54.7 Å². The zero-order valence-corrected chi connectivity index (χ0v) is 19.9. The minimum Gasteiger partial charge on any atom is -0.497 e. The molecule has 0 radical (unpaired) electrons. The second-order valence-electron chi connectivity index (χ2n) is 7.75. The monoisotopic (exact) mass is 507 g/mol. The molecule has 3 aromatic carbocycles. The molecule has 4 aromatic rings. The average Bonchev–Trinajstić information content (AvgIpc) is 3.36. The summed E-state index contributed by atoms with van der Waals surface area (Å²) in [4.78, 5) is 13.8. The molecule has 1 N–H and O–H groups in total. The molecule has 0 bridgehead atoms. The van der Waals surface area contributed by atoms with E-state index in [0.29, 0.717) is 41.6 Å². The van der Waals surface area contributed by atoms with E-state index in [1.165, 1.54) is 12.1 Å². The average molecular weight is 508 g/mol. The Kier molecular flexibility index (Phi) is 6.25. The molecule has 0 atom stereocenters. The fourth-order valence-corrected chi connectivity index (χ4v) is 4.67. The highest BCUT2D eigenvalue weighted by atomic mass is 32.2. The van der Waals surface area contributed by atoms with Gasteiger partial charge in [0.25, 0.3) is 10.0 Å². The molecule has 5 rings (SSSR count). The normalized spacial score (nSPS) is 12.7. The van der Waals surface area contributed by atoms with Gasteiger partial charge in [-0.25, -0.2) is 8.42 Å². The maximum absolute atomic E-state index is 13.1. The quantitative estimate of drug-likeness (QED) is 0.357. The molecule has 1 aliphatic heterocycles. The zero-order chi connectivity index (χ0) is 25.1. The fourth-order valence-electron chi connectivity index (χ4n) is 3.58. The third kappa shape index (κ3) is 4.84. The standard InChI is InChI=1S/C24H21N5O6S/c1-33-17-8-6-16(7-9-17)21(30)15-29-26-24(25-28-29)19-4-2-3-5-20(19)27-36(31,32)18-10-11-22-23(14-18)35-13-12-34-22/h2-11,14,27H,12-13,15H2,1H3. The van der Waals surface area contributed by atoms with E-state index in [1.54, 1.807) is 61.7 Å². The van der Waals surface area contributed by atoms with Crippen molar-refractivity contribution in [3.63, 3.8) is 0 Å². The highest BCUT2D eigenvalue weighted by molar-refractivity contribution is 7.92. The predicted octanol–water partition coefficient (Wildman–Crippen LogP) is 2.80. The van der Waals surface area contributed by atoms with Gasteiger partial charge in [-0.05, 0) is 53.7 Å². The van der Waals surface area contributed by atoms with Crippen LogP contribution in [0.25, 0.3) is 11.4 Å². The number of ether oxygens (including phenoxy) is 3. The number of para-hydroxylation sites is 1. The SMILES string of the molecule is COc1ccc(C(=O)Cn2nnc(-c3ccccc3NS(=O)(=O)c3ccc4c(c3)OCCO4)n2)cc1. The van der Waals surface area contributed by atoms with Crippen molar-refractivity contribution < 1.29 is 27.4 Å². The number of carbonyl (C=O) groups is 1. The van der Waals surface area contributed by atoms with Gasteiger partial charge in [-0.3, -0.25) is 9.52 Å². The van der Waals surface area contributed by atoms with E-state index in [9.17, 15) is 13.2 Å². The van der Waals surface area contributed by atoms with Crippen molar-refractivity contribution in [1.29, 1.82) is 0 Å². The van der Waals surface area contributed by atoms with Crippen LogP contribution in [0.3, 0.4) is 0 Å². The van der Waals surface area contributed by atoms with Gasteiger partial charge in [0.2, 0.25) is 5.82 Å². The lowest BCUT2D eigenvalue weighted by molar-refractivity contribution is 0.0961. The maximum Gasteiger partial charge on any atom is 0.262 e. The molecule has 11 nitrogen and oxygen atoms in total. The summed E-state index contributed by atoms with van der Waals surface area (Å²) in [6.07, 6.45) is 0. The Labute approximate surface area is 206 Å². The lowest BCUT2D eigenvalue weighted by Crippen LogP contribution is -2.17. The summed E-state index contributed by atoms with van der Waals surface area (Å²) in [5.74, 6) is 1.45. The van der Waals surface area contributed by atoms with Gasteiger partial charge in [0.15, 0.2) is 17.3 Å². The van der Waals surface area contributed by atoms with E-state index in [0.717, 1.165) is 4.80 Å². The summed E-state index contributed by atoms with van der Waals surface area (Å²) >= 11 is 0. The number of hydrogen-bond acceptors (Lipinski definition) is 9. The number of ketones is 1. The first-order valence-corrected chi connectivity index (χ1v) is 12.4. The molecular weight excluding hydrogens is 486 g/mol. The Hall–Kier alpha value is -4.45. The Morgan fingerprint density at radius 2 is 1.78 bits per heavy atom. The van der Waals surface area contributed by atoms with Gasteiger partial charge in [0.1, 0.15) is 25.5 Å². The van der Waals surface area contributed by atoms with Crippen LogP contribution in [0.1, 0.15) is 10.4 Å².